The molecule has 0 saturated heterocycles. The molecule has 1 nitrogen and oxygen atoms in total. The fraction of sp³-hybridized carbons (Fsp3) is 0.200. The Hall–Kier alpha value is -2.32. The van der Waals surface area contributed by atoms with Gasteiger partial charge in [-0.1, -0.05) is 12.1 Å². The van der Waals surface area contributed by atoms with Crippen LogP contribution in [0.15, 0.2) is 42.5 Å². The van der Waals surface area contributed by atoms with Crippen molar-refractivity contribution in [1.82, 2.24) is 0 Å². The van der Waals surface area contributed by atoms with E-state index in [2.05, 4.69) is 4.74 Å². The molecular formula is C15H8F8O. The number of hydrogen-bond acceptors (Lipinski definition) is 1. The first kappa shape index (κ1) is 18.0. The van der Waals surface area contributed by atoms with Gasteiger partial charge in [-0.25, -0.2) is 8.78 Å². The smallest absolute Gasteiger partial charge is 0.406 e. The van der Waals surface area contributed by atoms with E-state index in [4.69, 9.17) is 0 Å². The largest absolute Gasteiger partial charge is 0.573 e. The fourth-order valence-electron chi connectivity index (χ4n) is 1.96. The average Bonchev–Trinajstić information content (AvgIpc) is 2.45. The van der Waals surface area contributed by atoms with Crippen LogP contribution in [0.4, 0.5) is 35.1 Å². The van der Waals surface area contributed by atoms with E-state index in [1.165, 1.54) is 0 Å². The Bertz CT molecular complexity index is 701. The highest BCUT2D eigenvalue weighted by atomic mass is 19.4. The van der Waals surface area contributed by atoms with Crippen molar-refractivity contribution in [3.8, 4) is 16.9 Å². The van der Waals surface area contributed by atoms with E-state index >= 15 is 0 Å². The third-order valence-corrected chi connectivity index (χ3v) is 2.96. The SMILES string of the molecule is FC(F)c1cc(-c2ccc(OC(F)(F)F)cc2)cc(C(F)(F)F)c1. The van der Waals surface area contributed by atoms with Gasteiger partial charge in [0.1, 0.15) is 5.75 Å². The lowest BCUT2D eigenvalue weighted by Gasteiger charge is -2.13. The van der Waals surface area contributed by atoms with Crippen molar-refractivity contribution in [2.75, 3.05) is 0 Å². The normalized spacial score (nSPS) is 12.5. The molecule has 2 rings (SSSR count). The van der Waals surface area contributed by atoms with Crippen molar-refractivity contribution >= 4 is 0 Å². The Morgan fingerprint density at radius 2 is 1.33 bits per heavy atom. The Kier molecular flexibility index (Phi) is 4.73. The third-order valence-electron chi connectivity index (χ3n) is 2.96. The minimum atomic E-state index is -4.92. The predicted molar refractivity (Wildman–Crippen MR) is 68.5 cm³/mol. The van der Waals surface area contributed by atoms with Crippen LogP contribution in [0.3, 0.4) is 0 Å². The average molecular weight is 356 g/mol. The standard InChI is InChI=1S/C15H8F8O/c16-13(17)10-5-9(6-11(7-10)14(18,19)20)8-1-3-12(4-2-8)24-15(21,22)23/h1-7,13H. The Labute approximate surface area is 130 Å². The Balaban J connectivity index is 2.42. The maximum atomic E-state index is 12.8. The molecule has 24 heavy (non-hydrogen) atoms. The van der Waals surface area contributed by atoms with Gasteiger partial charge in [-0.3, -0.25) is 0 Å². The van der Waals surface area contributed by atoms with Gasteiger partial charge in [-0.05, 0) is 41.5 Å². The van der Waals surface area contributed by atoms with Crippen LogP contribution in [0, 0.1) is 0 Å². The number of rotatable bonds is 3. The summed E-state index contributed by atoms with van der Waals surface area (Å²) in [7, 11) is 0. The fourth-order valence-corrected chi connectivity index (χ4v) is 1.96. The first-order valence-corrected chi connectivity index (χ1v) is 6.32. The maximum Gasteiger partial charge on any atom is 0.573 e. The quantitative estimate of drug-likeness (QED) is 0.594. The lowest BCUT2D eigenvalue weighted by atomic mass is 9.99. The van der Waals surface area contributed by atoms with Gasteiger partial charge in [0.25, 0.3) is 6.43 Å². The number of halogens is 8. The van der Waals surface area contributed by atoms with Crippen LogP contribution < -0.4 is 4.74 Å². The van der Waals surface area contributed by atoms with Gasteiger partial charge in [0.2, 0.25) is 0 Å². The number of alkyl halides is 8. The summed E-state index contributed by atoms with van der Waals surface area (Å²) in [6.45, 7) is 0. The van der Waals surface area contributed by atoms with Crippen molar-refractivity contribution < 1.29 is 39.9 Å². The van der Waals surface area contributed by atoms with E-state index in [1.54, 1.807) is 0 Å². The zero-order valence-corrected chi connectivity index (χ0v) is 11.6. The molecule has 2 aromatic carbocycles. The summed E-state index contributed by atoms with van der Waals surface area (Å²) >= 11 is 0. The first-order chi connectivity index (χ1) is 11.0. The Morgan fingerprint density at radius 1 is 0.750 bits per heavy atom. The number of ether oxygens (including phenoxy) is 1. The summed E-state index contributed by atoms with van der Waals surface area (Å²) in [6, 6.07) is 5.67. The molecule has 130 valence electrons. The molecule has 0 bridgehead atoms. The molecule has 0 aliphatic carbocycles. The van der Waals surface area contributed by atoms with Crippen molar-refractivity contribution in [2.45, 2.75) is 19.0 Å². The van der Waals surface area contributed by atoms with Crippen LogP contribution in [-0.2, 0) is 6.18 Å². The molecule has 0 atom stereocenters. The summed E-state index contributed by atoms with van der Waals surface area (Å²) in [4.78, 5) is 0. The van der Waals surface area contributed by atoms with E-state index in [0.29, 0.717) is 12.1 Å². The highest BCUT2D eigenvalue weighted by molar-refractivity contribution is 5.66. The molecule has 9 heteroatoms. The van der Waals surface area contributed by atoms with E-state index in [1.807, 2.05) is 0 Å². The topological polar surface area (TPSA) is 9.23 Å². The van der Waals surface area contributed by atoms with Crippen LogP contribution in [0.2, 0.25) is 0 Å². The monoisotopic (exact) mass is 356 g/mol. The molecule has 0 aromatic heterocycles. The van der Waals surface area contributed by atoms with Crippen LogP contribution in [0.1, 0.15) is 17.6 Å². The van der Waals surface area contributed by atoms with Gasteiger partial charge in [-0.2, -0.15) is 13.2 Å². The van der Waals surface area contributed by atoms with Gasteiger partial charge in [-0.15, -0.1) is 13.2 Å². The molecule has 0 saturated carbocycles. The van der Waals surface area contributed by atoms with Crippen molar-refractivity contribution in [3.63, 3.8) is 0 Å². The van der Waals surface area contributed by atoms with E-state index in [-0.39, 0.29) is 11.1 Å². The summed E-state index contributed by atoms with van der Waals surface area (Å²) in [6.07, 6.45) is -12.9. The molecule has 0 fully saturated rings. The molecule has 2 aromatic rings. The van der Waals surface area contributed by atoms with E-state index < -0.39 is 35.8 Å². The summed E-state index contributed by atoms with van der Waals surface area (Å²) < 4.78 is 104. The van der Waals surface area contributed by atoms with Crippen LogP contribution in [-0.4, -0.2) is 6.36 Å². The zero-order valence-electron chi connectivity index (χ0n) is 11.6. The molecule has 0 aliphatic rings. The third kappa shape index (κ3) is 4.59. The van der Waals surface area contributed by atoms with Gasteiger partial charge in [0.15, 0.2) is 0 Å². The van der Waals surface area contributed by atoms with Crippen LogP contribution in [0.5, 0.6) is 5.75 Å². The first-order valence-electron chi connectivity index (χ1n) is 6.32. The maximum absolute atomic E-state index is 12.8. The molecule has 0 unspecified atom stereocenters. The van der Waals surface area contributed by atoms with Crippen LogP contribution >= 0.6 is 0 Å². The molecule has 0 radical (unpaired) electrons. The summed E-state index contributed by atoms with van der Waals surface area (Å²) in [5.41, 5.74) is -2.27. The minimum Gasteiger partial charge on any atom is -0.406 e. The second-order valence-corrected chi connectivity index (χ2v) is 4.71. The number of benzene rings is 2. The predicted octanol–water partition coefficient (Wildman–Crippen LogP) is 6.21. The zero-order chi connectivity index (χ0) is 18.1. The molecule has 0 N–H and O–H groups in total. The highest BCUT2D eigenvalue weighted by Crippen LogP contribution is 2.36. The van der Waals surface area contributed by atoms with Crippen LogP contribution in [0.25, 0.3) is 11.1 Å². The summed E-state index contributed by atoms with van der Waals surface area (Å²) in [5, 5.41) is 0. The molecule has 0 amide bonds. The summed E-state index contributed by atoms with van der Waals surface area (Å²) in [5.74, 6) is -0.577. The van der Waals surface area contributed by atoms with E-state index in [0.717, 1.165) is 30.3 Å². The van der Waals surface area contributed by atoms with Crippen molar-refractivity contribution in [3.05, 3.63) is 53.6 Å². The van der Waals surface area contributed by atoms with Gasteiger partial charge < -0.3 is 4.74 Å². The molecule has 0 spiro atoms. The van der Waals surface area contributed by atoms with E-state index in [9.17, 15) is 35.1 Å². The molecule has 0 heterocycles. The van der Waals surface area contributed by atoms with Crippen molar-refractivity contribution in [1.29, 1.82) is 0 Å². The minimum absolute atomic E-state index is 0.0394. The van der Waals surface area contributed by atoms with Gasteiger partial charge in [0, 0.05) is 5.56 Å². The van der Waals surface area contributed by atoms with Crippen molar-refractivity contribution in [2.24, 2.45) is 0 Å². The molecular weight excluding hydrogens is 348 g/mol. The lowest BCUT2D eigenvalue weighted by molar-refractivity contribution is -0.274. The number of hydrogen-bond donors (Lipinski definition) is 0. The second kappa shape index (κ2) is 6.29. The highest BCUT2D eigenvalue weighted by Gasteiger charge is 2.32. The van der Waals surface area contributed by atoms with Gasteiger partial charge >= 0.3 is 12.5 Å². The Morgan fingerprint density at radius 3 is 1.79 bits per heavy atom. The molecule has 0 aliphatic heterocycles. The second-order valence-electron chi connectivity index (χ2n) is 4.71. The lowest BCUT2D eigenvalue weighted by Crippen LogP contribution is -2.16. The van der Waals surface area contributed by atoms with Gasteiger partial charge in [0.05, 0.1) is 5.56 Å².